The Kier molecular flexibility index (Phi) is 3.60. The van der Waals surface area contributed by atoms with Crippen molar-refractivity contribution in [3.8, 4) is 10.4 Å². The molecule has 1 aromatic carbocycles. The largest absolute Gasteiger partial charge is 0.323 e. The number of rotatable bonds is 3. The highest BCUT2D eigenvalue weighted by Gasteiger charge is 2.13. The monoisotopic (exact) mass is 249 g/mol. The number of benzene rings is 1. The number of halogens is 1. The predicted molar refractivity (Wildman–Crippen MR) is 71.5 cm³/mol. The molecular formula is C14H16FNS. The first kappa shape index (κ1) is 12.3. The van der Waals surface area contributed by atoms with Crippen LogP contribution < -0.4 is 5.73 Å². The van der Waals surface area contributed by atoms with Gasteiger partial charge in [0.15, 0.2) is 0 Å². The van der Waals surface area contributed by atoms with Gasteiger partial charge < -0.3 is 5.73 Å². The van der Waals surface area contributed by atoms with Crippen molar-refractivity contribution in [2.45, 2.75) is 19.9 Å². The topological polar surface area (TPSA) is 26.0 Å². The van der Waals surface area contributed by atoms with Gasteiger partial charge in [-0.05, 0) is 35.7 Å². The maximum absolute atomic E-state index is 13.1. The minimum absolute atomic E-state index is 0.0577. The maximum atomic E-state index is 13.1. The standard InChI is InChI=1S/C14H16FNS/c1-9(2)14(16)13-7-6-12(17-13)10-4-3-5-11(15)8-10/h3-9,14H,16H2,1-2H3. The average molecular weight is 249 g/mol. The van der Waals surface area contributed by atoms with E-state index >= 15 is 0 Å². The van der Waals surface area contributed by atoms with E-state index in [1.165, 1.54) is 6.07 Å². The molecular weight excluding hydrogens is 233 g/mol. The Morgan fingerprint density at radius 2 is 1.94 bits per heavy atom. The smallest absolute Gasteiger partial charge is 0.123 e. The number of nitrogens with two attached hydrogens (primary N) is 1. The highest BCUT2D eigenvalue weighted by molar-refractivity contribution is 7.15. The van der Waals surface area contributed by atoms with E-state index in [9.17, 15) is 4.39 Å². The summed E-state index contributed by atoms with van der Waals surface area (Å²) in [7, 11) is 0. The molecule has 0 amide bonds. The highest BCUT2D eigenvalue weighted by atomic mass is 32.1. The van der Waals surface area contributed by atoms with Gasteiger partial charge in [0, 0.05) is 15.8 Å². The van der Waals surface area contributed by atoms with Crippen molar-refractivity contribution in [1.29, 1.82) is 0 Å². The normalized spacial score (nSPS) is 13.0. The zero-order valence-corrected chi connectivity index (χ0v) is 10.8. The summed E-state index contributed by atoms with van der Waals surface area (Å²) in [5.41, 5.74) is 7.01. The summed E-state index contributed by atoms with van der Waals surface area (Å²) in [6.45, 7) is 4.21. The molecule has 0 radical (unpaired) electrons. The fraction of sp³-hybridized carbons (Fsp3) is 0.286. The first-order valence-electron chi connectivity index (χ1n) is 5.69. The van der Waals surface area contributed by atoms with Crippen LogP contribution in [0.3, 0.4) is 0 Å². The molecule has 2 aromatic rings. The molecule has 0 saturated carbocycles. The zero-order valence-electron chi connectivity index (χ0n) is 9.98. The molecule has 2 N–H and O–H groups in total. The highest BCUT2D eigenvalue weighted by Crippen LogP contribution is 2.33. The molecule has 0 saturated heterocycles. The summed E-state index contributed by atoms with van der Waals surface area (Å²) < 4.78 is 13.1. The van der Waals surface area contributed by atoms with Crippen LogP contribution in [0.1, 0.15) is 24.8 Å². The number of hydrogen-bond donors (Lipinski definition) is 1. The van der Waals surface area contributed by atoms with E-state index in [4.69, 9.17) is 5.73 Å². The van der Waals surface area contributed by atoms with Gasteiger partial charge >= 0.3 is 0 Å². The van der Waals surface area contributed by atoms with Gasteiger partial charge in [0.1, 0.15) is 5.82 Å². The maximum Gasteiger partial charge on any atom is 0.123 e. The molecule has 17 heavy (non-hydrogen) atoms. The predicted octanol–water partition coefficient (Wildman–Crippen LogP) is 4.21. The van der Waals surface area contributed by atoms with Crippen LogP contribution in [-0.4, -0.2) is 0 Å². The van der Waals surface area contributed by atoms with Crippen molar-refractivity contribution in [2.75, 3.05) is 0 Å². The van der Waals surface area contributed by atoms with Crippen molar-refractivity contribution in [1.82, 2.24) is 0 Å². The van der Waals surface area contributed by atoms with Gasteiger partial charge in [0.05, 0.1) is 0 Å². The van der Waals surface area contributed by atoms with Crippen LogP contribution >= 0.6 is 11.3 Å². The Hall–Kier alpha value is -1.19. The van der Waals surface area contributed by atoms with Crippen molar-refractivity contribution < 1.29 is 4.39 Å². The summed E-state index contributed by atoms with van der Waals surface area (Å²) in [4.78, 5) is 2.22. The van der Waals surface area contributed by atoms with Crippen molar-refractivity contribution >= 4 is 11.3 Å². The molecule has 0 spiro atoms. The van der Waals surface area contributed by atoms with Gasteiger partial charge in [0.2, 0.25) is 0 Å². The molecule has 0 fully saturated rings. The molecule has 1 atom stereocenters. The fourth-order valence-corrected chi connectivity index (χ4v) is 2.84. The summed E-state index contributed by atoms with van der Waals surface area (Å²) in [6, 6.07) is 10.8. The third kappa shape index (κ3) is 2.73. The number of hydrogen-bond acceptors (Lipinski definition) is 2. The lowest BCUT2D eigenvalue weighted by atomic mass is 10.0. The third-order valence-corrected chi connectivity index (χ3v) is 4.02. The molecule has 0 bridgehead atoms. The quantitative estimate of drug-likeness (QED) is 0.866. The van der Waals surface area contributed by atoms with Gasteiger partial charge in [-0.2, -0.15) is 0 Å². The SMILES string of the molecule is CC(C)C(N)c1ccc(-c2cccc(F)c2)s1. The average Bonchev–Trinajstić information content (AvgIpc) is 2.77. The summed E-state index contributed by atoms with van der Waals surface area (Å²) in [5, 5.41) is 0. The molecule has 1 unspecified atom stereocenters. The summed E-state index contributed by atoms with van der Waals surface area (Å²) >= 11 is 1.64. The molecule has 1 heterocycles. The minimum atomic E-state index is -0.203. The van der Waals surface area contributed by atoms with E-state index in [0.717, 1.165) is 15.3 Å². The molecule has 90 valence electrons. The van der Waals surface area contributed by atoms with Crippen LogP contribution in [0, 0.1) is 11.7 Å². The first-order valence-corrected chi connectivity index (χ1v) is 6.51. The summed E-state index contributed by atoms with van der Waals surface area (Å²) in [5.74, 6) is 0.208. The van der Waals surface area contributed by atoms with Crippen LogP contribution in [0.5, 0.6) is 0 Å². The van der Waals surface area contributed by atoms with E-state index < -0.39 is 0 Å². The van der Waals surface area contributed by atoms with E-state index in [1.54, 1.807) is 23.5 Å². The molecule has 2 rings (SSSR count). The number of thiophene rings is 1. The Balaban J connectivity index is 2.30. The first-order chi connectivity index (χ1) is 8.08. The Morgan fingerprint density at radius 3 is 2.59 bits per heavy atom. The molecule has 0 aliphatic heterocycles. The lowest BCUT2D eigenvalue weighted by Crippen LogP contribution is -2.14. The van der Waals surface area contributed by atoms with Crippen molar-refractivity contribution in [2.24, 2.45) is 11.7 Å². The molecule has 0 aliphatic carbocycles. The third-order valence-electron chi connectivity index (χ3n) is 2.78. The van der Waals surface area contributed by atoms with Gasteiger partial charge in [-0.25, -0.2) is 4.39 Å². The van der Waals surface area contributed by atoms with E-state index in [0.29, 0.717) is 5.92 Å². The van der Waals surface area contributed by atoms with Crippen LogP contribution in [0.4, 0.5) is 4.39 Å². The van der Waals surface area contributed by atoms with Crippen molar-refractivity contribution in [3.05, 3.63) is 47.1 Å². The minimum Gasteiger partial charge on any atom is -0.323 e. The van der Waals surface area contributed by atoms with Gasteiger partial charge in [0.25, 0.3) is 0 Å². The van der Waals surface area contributed by atoms with Gasteiger partial charge in [-0.3, -0.25) is 0 Å². The molecule has 0 aliphatic rings. The second-order valence-electron chi connectivity index (χ2n) is 4.48. The van der Waals surface area contributed by atoms with Crippen LogP contribution in [-0.2, 0) is 0 Å². The lowest BCUT2D eigenvalue weighted by Gasteiger charge is -2.12. The fourth-order valence-electron chi connectivity index (χ4n) is 1.66. The van der Waals surface area contributed by atoms with Crippen molar-refractivity contribution in [3.63, 3.8) is 0 Å². The van der Waals surface area contributed by atoms with Crippen LogP contribution in [0.15, 0.2) is 36.4 Å². The van der Waals surface area contributed by atoms with Crippen LogP contribution in [0.2, 0.25) is 0 Å². The molecule has 1 aromatic heterocycles. The van der Waals surface area contributed by atoms with E-state index in [1.807, 2.05) is 18.2 Å². The lowest BCUT2D eigenvalue weighted by molar-refractivity contribution is 0.521. The molecule has 3 heteroatoms. The molecule has 1 nitrogen and oxygen atoms in total. The Morgan fingerprint density at radius 1 is 1.18 bits per heavy atom. The summed E-state index contributed by atoms with van der Waals surface area (Å²) in [6.07, 6.45) is 0. The second kappa shape index (κ2) is 4.98. The van der Waals surface area contributed by atoms with E-state index in [2.05, 4.69) is 13.8 Å². The van der Waals surface area contributed by atoms with Gasteiger partial charge in [-0.1, -0.05) is 26.0 Å². The second-order valence-corrected chi connectivity index (χ2v) is 5.60. The zero-order chi connectivity index (χ0) is 12.4. The van der Waals surface area contributed by atoms with Crippen LogP contribution in [0.25, 0.3) is 10.4 Å². The van der Waals surface area contributed by atoms with Gasteiger partial charge in [-0.15, -0.1) is 11.3 Å². The Labute approximate surface area is 105 Å². The Bertz CT molecular complexity index is 504. The van der Waals surface area contributed by atoms with E-state index in [-0.39, 0.29) is 11.9 Å².